The maximum Gasteiger partial charge on any atom is 0.335 e. The molecule has 0 aromatic heterocycles. The zero-order valence-electron chi connectivity index (χ0n) is 13.8. The Morgan fingerprint density at radius 2 is 1.48 bits per heavy atom. The SMILES string of the molecule is O=C(O)c1ccc(S(=O)(=O)N(Oc2ccc(F)cc2)c2ccccc2)cc1. The minimum absolute atomic E-state index is 0.0420. The van der Waals surface area contributed by atoms with Crippen LogP contribution in [0.15, 0.2) is 83.8 Å². The third-order valence-corrected chi connectivity index (χ3v) is 5.18. The molecule has 6 nitrogen and oxygen atoms in total. The number of aromatic carboxylic acids is 1. The zero-order chi connectivity index (χ0) is 19.4. The zero-order valence-corrected chi connectivity index (χ0v) is 14.6. The van der Waals surface area contributed by atoms with Gasteiger partial charge in [0, 0.05) is 0 Å². The Kier molecular flexibility index (Phi) is 5.09. The summed E-state index contributed by atoms with van der Waals surface area (Å²) in [6.07, 6.45) is 0. The Morgan fingerprint density at radius 1 is 0.889 bits per heavy atom. The summed E-state index contributed by atoms with van der Waals surface area (Å²) >= 11 is 0. The van der Waals surface area contributed by atoms with Crippen LogP contribution in [0.3, 0.4) is 0 Å². The van der Waals surface area contributed by atoms with Gasteiger partial charge in [-0.25, -0.2) is 9.18 Å². The van der Waals surface area contributed by atoms with Gasteiger partial charge in [0.25, 0.3) is 10.0 Å². The van der Waals surface area contributed by atoms with Gasteiger partial charge in [-0.3, -0.25) is 0 Å². The maximum absolute atomic E-state index is 13.1. The summed E-state index contributed by atoms with van der Waals surface area (Å²) in [6.45, 7) is 0. The molecule has 1 N–H and O–H groups in total. The van der Waals surface area contributed by atoms with Crippen molar-refractivity contribution in [3.63, 3.8) is 0 Å². The van der Waals surface area contributed by atoms with E-state index in [2.05, 4.69) is 0 Å². The molecule has 0 aliphatic carbocycles. The highest BCUT2D eigenvalue weighted by molar-refractivity contribution is 7.92. The first-order valence-electron chi connectivity index (χ1n) is 7.75. The van der Waals surface area contributed by atoms with Gasteiger partial charge in [0.1, 0.15) is 5.82 Å². The van der Waals surface area contributed by atoms with Gasteiger partial charge >= 0.3 is 5.97 Å². The third-order valence-electron chi connectivity index (χ3n) is 3.59. The second-order valence-corrected chi connectivity index (χ2v) is 7.20. The van der Waals surface area contributed by atoms with Crippen LogP contribution in [-0.4, -0.2) is 19.5 Å². The molecule has 138 valence electrons. The molecule has 0 saturated carbocycles. The molecule has 0 spiro atoms. The Bertz CT molecular complexity index is 1040. The van der Waals surface area contributed by atoms with E-state index in [1.165, 1.54) is 48.5 Å². The molecule has 0 atom stereocenters. The highest BCUT2D eigenvalue weighted by atomic mass is 32.2. The van der Waals surface area contributed by atoms with Crippen LogP contribution in [0.5, 0.6) is 5.75 Å². The van der Waals surface area contributed by atoms with Gasteiger partial charge in [-0.15, -0.1) is 0 Å². The molecular weight excluding hydrogens is 373 g/mol. The molecule has 0 saturated heterocycles. The standard InChI is InChI=1S/C19H14FNO5S/c20-15-8-10-17(11-9-15)26-21(16-4-2-1-3-5-16)27(24,25)18-12-6-14(7-13-18)19(22)23/h1-13H,(H,22,23). The van der Waals surface area contributed by atoms with Crippen molar-refractivity contribution in [3.05, 3.63) is 90.2 Å². The number of para-hydroxylation sites is 1. The van der Waals surface area contributed by atoms with Crippen molar-refractivity contribution in [2.75, 3.05) is 4.47 Å². The lowest BCUT2D eigenvalue weighted by molar-refractivity contribution is 0.0696. The van der Waals surface area contributed by atoms with Gasteiger partial charge in [0.05, 0.1) is 16.1 Å². The van der Waals surface area contributed by atoms with E-state index in [1.807, 2.05) is 0 Å². The predicted octanol–water partition coefficient (Wildman–Crippen LogP) is 3.71. The topological polar surface area (TPSA) is 83.9 Å². The first-order valence-corrected chi connectivity index (χ1v) is 9.19. The van der Waals surface area contributed by atoms with Crippen molar-refractivity contribution in [2.24, 2.45) is 0 Å². The Morgan fingerprint density at radius 3 is 2.04 bits per heavy atom. The number of rotatable bonds is 6. The van der Waals surface area contributed by atoms with Crippen LogP contribution in [0.1, 0.15) is 10.4 Å². The number of carbonyl (C=O) groups is 1. The first kappa shape index (κ1) is 18.4. The third kappa shape index (κ3) is 4.06. The highest BCUT2D eigenvalue weighted by Gasteiger charge is 2.27. The van der Waals surface area contributed by atoms with Crippen molar-refractivity contribution in [2.45, 2.75) is 4.90 Å². The van der Waals surface area contributed by atoms with Crippen molar-refractivity contribution < 1.29 is 27.5 Å². The molecule has 3 aromatic rings. The summed E-state index contributed by atoms with van der Waals surface area (Å²) in [5.41, 5.74) is 0.184. The lowest BCUT2D eigenvalue weighted by Gasteiger charge is -2.23. The van der Waals surface area contributed by atoms with Crippen molar-refractivity contribution in [1.82, 2.24) is 0 Å². The van der Waals surface area contributed by atoms with Crippen LogP contribution < -0.4 is 9.31 Å². The smallest absolute Gasteiger partial charge is 0.335 e. The summed E-state index contributed by atoms with van der Waals surface area (Å²) in [4.78, 5) is 16.3. The molecule has 0 aliphatic heterocycles. The number of nitrogens with zero attached hydrogens (tertiary/aromatic N) is 1. The normalized spacial score (nSPS) is 11.0. The van der Waals surface area contributed by atoms with E-state index in [0.717, 1.165) is 12.1 Å². The summed E-state index contributed by atoms with van der Waals surface area (Å²) in [5, 5.41) is 8.97. The molecule has 0 fully saturated rings. The molecule has 0 aliphatic rings. The van der Waals surface area contributed by atoms with E-state index in [1.54, 1.807) is 18.2 Å². The fraction of sp³-hybridized carbons (Fsp3) is 0. The number of anilines is 1. The average molecular weight is 387 g/mol. The van der Waals surface area contributed by atoms with Gasteiger partial charge in [0.15, 0.2) is 5.75 Å². The van der Waals surface area contributed by atoms with E-state index < -0.39 is 21.8 Å². The van der Waals surface area contributed by atoms with Crippen LogP contribution in [0, 0.1) is 5.82 Å². The quantitative estimate of drug-likeness (QED) is 0.652. The van der Waals surface area contributed by atoms with Gasteiger partial charge in [-0.2, -0.15) is 8.42 Å². The molecule has 27 heavy (non-hydrogen) atoms. The molecular formula is C19H14FNO5S. The fourth-order valence-electron chi connectivity index (χ4n) is 2.25. The van der Waals surface area contributed by atoms with Crippen molar-refractivity contribution >= 4 is 21.7 Å². The van der Waals surface area contributed by atoms with Crippen molar-refractivity contribution in [3.8, 4) is 5.75 Å². The Labute approximate surface area is 155 Å². The molecule has 0 radical (unpaired) electrons. The summed E-state index contributed by atoms with van der Waals surface area (Å²) in [6, 6.07) is 17.7. The number of sulfonamides is 1. The van der Waals surface area contributed by atoms with Crippen LogP contribution in [0.2, 0.25) is 0 Å². The first-order chi connectivity index (χ1) is 12.9. The summed E-state index contributed by atoms with van der Waals surface area (Å²) in [5.74, 6) is -1.53. The number of carboxylic acids is 1. The molecule has 3 aromatic carbocycles. The van der Waals surface area contributed by atoms with Crippen LogP contribution in [-0.2, 0) is 10.0 Å². The van der Waals surface area contributed by atoms with Crippen molar-refractivity contribution in [1.29, 1.82) is 0 Å². The molecule has 0 unspecified atom stereocenters. The molecule has 8 heteroatoms. The van der Waals surface area contributed by atoms with Crippen LogP contribution in [0.25, 0.3) is 0 Å². The number of hydrogen-bond donors (Lipinski definition) is 1. The van der Waals surface area contributed by atoms with E-state index in [9.17, 15) is 17.6 Å². The Hall–Kier alpha value is -3.39. The second-order valence-electron chi connectivity index (χ2n) is 5.44. The highest BCUT2D eigenvalue weighted by Crippen LogP contribution is 2.26. The largest absolute Gasteiger partial charge is 0.478 e. The Balaban J connectivity index is 2.03. The predicted molar refractivity (Wildman–Crippen MR) is 96.5 cm³/mol. The fourth-order valence-corrected chi connectivity index (χ4v) is 3.50. The number of hydrogen-bond acceptors (Lipinski definition) is 4. The minimum Gasteiger partial charge on any atom is -0.478 e. The van der Waals surface area contributed by atoms with Crippen LogP contribution >= 0.6 is 0 Å². The van der Waals surface area contributed by atoms with Gasteiger partial charge < -0.3 is 9.94 Å². The van der Waals surface area contributed by atoms with Gasteiger partial charge in [0.2, 0.25) is 0 Å². The summed E-state index contributed by atoms with van der Waals surface area (Å²) in [7, 11) is -4.18. The molecule has 0 bridgehead atoms. The maximum atomic E-state index is 13.1. The second kappa shape index (κ2) is 7.46. The molecule has 0 heterocycles. The number of carboxylic acid groups (broad SMARTS) is 1. The van der Waals surface area contributed by atoms with E-state index >= 15 is 0 Å². The average Bonchev–Trinajstić information content (AvgIpc) is 2.68. The van der Waals surface area contributed by atoms with E-state index in [-0.39, 0.29) is 21.9 Å². The monoisotopic (exact) mass is 387 g/mol. The molecule has 0 amide bonds. The van der Waals surface area contributed by atoms with Gasteiger partial charge in [-0.05, 0) is 60.7 Å². The number of benzene rings is 3. The molecule has 3 rings (SSSR count). The van der Waals surface area contributed by atoms with E-state index in [0.29, 0.717) is 4.47 Å². The minimum atomic E-state index is -4.18. The lowest BCUT2D eigenvalue weighted by atomic mass is 10.2. The lowest BCUT2D eigenvalue weighted by Crippen LogP contribution is -2.34. The summed E-state index contributed by atoms with van der Waals surface area (Å²) < 4.78 is 39.9. The number of halogens is 1. The van der Waals surface area contributed by atoms with Crippen LogP contribution in [0.4, 0.5) is 10.1 Å². The van der Waals surface area contributed by atoms with E-state index in [4.69, 9.17) is 9.94 Å². The van der Waals surface area contributed by atoms with Gasteiger partial charge in [-0.1, -0.05) is 22.7 Å².